The summed E-state index contributed by atoms with van der Waals surface area (Å²) in [5.74, 6) is -1.82. The molecule has 0 aromatic heterocycles. The number of carbonyl (C=O) groups is 2. The number of hydrogen-bond acceptors (Lipinski definition) is 3. The highest BCUT2D eigenvalue weighted by Crippen LogP contribution is 2.31. The predicted octanol–water partition coefficient (Wildman–Crippen LogP) is 4.68. The van der Waals surface area contributed by atoms with Gasteiger partial charge in [0, 0.05) is 0 Å². The highest BCUT2D eigenvalue weighted by Gasteiger charge is 2.36. The molecule has 0 aromatic carbocycles. The van der Waals surface area contributed by atoms with E-state index in [1.807, 2.05) is 12.2 Å². The Morgan fingerprint density at radius 2 is 1.67 bits per heavy atom. The Labute approximate surface area is 146 Å². The molecule has 1 N–H and O–H groups in total. The summed E-state index contributed by atoms with van der Waals surface area (Å²) in [5, 5.41) is 9.33. The van der Waals surface area contributed by atoms with E-state index in [2.05, 4.69) is 41.5 Å². The first-order valence-corrected chi connectivity index (χ1v) is 9.09. The fourth-order valence-electron chi connectivity index (χ4n) is 3.57. The van der Waals surface area contributed by atoms with Crippen molar-refractivity contribution in [2.45, 2.75) is 73.3 Å². The van der Waals surface area contributed by atoms with E-state index in [1.54, 1.807) is 0 Å². The molecule has 0 spiro atoms. The van der Waals surface area contributed by atoms with Gasteiger partial charge in [-0.05, 0) is 42.9 Å². The SMILES string of the molecule is CC(CC(OC(=O)C1CC=CCC1C(=O)O)C(C)C)CC(C)(C)C. The van der Waals surface area contributed by atoms with Gasteiger partial charge in [-0.2, -0.15) is 0 Å². The monoisotopic (exact) mass is 338 g/mol. The van der Waals surface area contributed by atoms with Crippen LogP contribution in [0.15, 0.2) is 12.2 Å². The molecule has 4 unspecified atom stereocenters. The van der Waals surface area contributed by atoms with Crippen molar-refractivity contribution >= 4 is 11.9 Å². The van der Waals surface area contributed by atoms with Crippen LogP contribution in [-0.2, 0) is 14.3 Å². The lowest BCUT2D eigenvalue weighted by Crippen LogP contribution is -2.36. The molecule has 4 heteroatoms. The van der Waals surface area contributed by atoms with Crippen molar-refractivity contribution in [3.8, 4) is 0 Å². The Hall–Kier alpha value is -1.32. The van der Waals surface area contributed by atoms with Crippen LogP contribution in [0.3, 0.4) is 0 Å². The van der Waals surface area contributed by atoms with Crippen LogP contribution < -0.4 is 0 Å². The van der Waals surface area contributed by atoms with Gasteiger partial charge in [-0.3, -0.25) is 9.59 Å². The van der Waals surface area contributed by atoms with Crippen molar-refractivity contribution in [3.63, 3.8) is 0 Å². The lowest BCUT2D eigenvalue weighted by molar-refractivity contribution is -0.164. The minimum atomic E-state index is -0.913. The highest BCUT2D eigenvalue weighted by molar-refractivity contribution is 5.81. The van der Waals surface area contributed by atoms with Crippen LogP contribution in [-0.4, -0.2) is 23.1 Å². The Morgan fingerprint density at radius 1 is 1.12 bits per heavy atom. The van der Waals surface area contributed by atoms with Gasteiger partial charge in [0.05, 0.1) is 11.8 Å². The van der Waals surface area contributed by atoms with Crippen LogP contribution in [0.25, 0.3) is 0 Å². The minimum absolute atomic E-state index is 0.157. The summed E-state index contributed by atoms with van der Waals surface area (Å²) in [4.78, 5) is 24.0. The fraction of sp³-hybridized carbons (Fsp3) is 0.800. The average Bonchev–Trinajstić information content (AvgIpc) is 2.44. The van der Waals surface area contributed by atoms with Crippen molar-refractivity contribution in [1.29, 1.82) is 0 Å². The number of carboxylic acid groups (broad SMARTS) is 1. The van der Waals surface area contributed by atoms with E-state index in [-0.39, 0.29) is 23.4 Å². The number of ether oxygens (including phenoxy) is 1. The molecular weight excluding hydrogens is 304 g/mol. The molecule has 1 aliphatic carbocycles. The zero-order chi connectivity index (χ0) is 18.5. The van der Waals surface area contributed by atoms with E-state index in [0.717, 1.165) is 12.8 Å². The standard InChI is InChI=1S/C20H34O4/c1-13(2)17(11-14(3)12-20(4,5)6)24-19(23)16-10-8-7-9-15(16)18(21)22/h7-8,13-17H,9-12H2,1-6H3,(H,21,22). The quantitative estimate of drug-likeness (QED) is 0.540. The van der Waals surface area contributed by atoms with E-state index in [1.165, 1.54) is 0 Å². The predicted molar refractivity (Wildman–Crippen MR) is 95.6 cm³/mol. The topological polar surface area (TPSA) is 63.6 Å². The molecule has 0 heterocycles. The first-order valence-electron chi connectivity index (χ1n) is 9.09. The second-order valence-corrected chi connectivity index (χ2v) is 8.82. The maximum atomic E-state index is 12.6. The minimum Gasteiger partial charge on any atom is -0.481 e. The number of hydrogen-bond donors (Lipinski definition) is 1. The maximum Gasteiger partial charge on any atom is 0.310 e. The fourth-order valence-corrected chi connectivity index (χ4v) is 3.57. The largest absolute Gasteiger partial charge is 0.481 e. The Morgan fingerprint density at radius 3 is 2.12 bits per heavy atom. The van der Waals surface area contributed by atoms with E-state index in [4.69, 9.17) is 4.74 Å². The van der Waals surface area contributed by atoms with Gasteiger partial charge in [-0.1, -0.05) is 53.7 Å². The van der Waals surface area contributed by atoms with Crippen LogP contribution in [0, 0.1) is 29.1 Å². The summed E-state index contributed by atoms with van der Waals surface area (Å²) in [6.07, 6.45) is 6.32. The van der Waals surface area contributed by atoms with Crippen molar-refractivity contribution in [3.05, 3.63) is 12.2 Å². The molecular formula is C20H34O4. The number of carbonyl (C=O) groups excluding carboxylic acids is 1. The second-order valence-electron chi connectivity index (χ2n) is 8.82. The smallest absolute Gasteiger partial charge is 0.310 e. The number of esters is 1. The van der Waals surface area contributed by atoms with E-state index >= 15 is 0 Å². The van der Waals surface area contributed by atoms with Gasteiger partial charge < -0.3 is 9.84 Å². The Kier molecular flexibility index (Phi) is 7.50. The third-order valence-corrected chi connectivity index (χ3v) is 4.66. The highest BCUT2D eigenvalue weighted by atomic mass is 16.5. The van der Waals surface area contributed by atoms with Gasteiger partial charge in [0.25, 0.3) is 0 Å². The zero-order valence-electron chi connectivity index (χ0n) is 16.0. The summed E-state index contributed by atoms with van der Waals surface area (Å²) in [5.41, 5.74) is 0.244. The van der Waals surface area contributed by atoms with Gasteiger partial charge >= 0.3 is 11.9 Å². The third kappa shape index (κ3) is 6.66. The van der Waals surface area contributed by atoms with Gasteiger partial charge in [0.15, 0.2) is 0 Å². The molecule has 24 heavy (non-hydrogen) atoms. The van der Waals surface area contributed by atoms with Gasteiger partial charge in [-0.15, -0.1) is 0 Å². The molecule has 0 aromatic rings. The summed E-state index contributed by atoms with van der Waals surface area (Å²) in [6, 6.07) is 0. The Bertz CT molecular complexity index is 459. The van der Waals surface area contributed by atoms with Gasteiger partial charge in [0.1, 0.15) is 6.10 Å². The second kappa shape index (κ2) is 8.68. The molecule has 138 valence electrons. The molecule has 0 radical (unpaired) electrons. The lowest BCUT2D eigenvalue weighted by Gasteiger charge is -2.31. The van der Waals surface area contributed by atoms with E-state index in [9.17, 15) is 14.7 Å². The molecule has 0 fully saturated rings. The third-order valence-electron chi connectivity index (χ3n) is 4.66. The first-order chi connectivity index (χ1) is 11.0. The molecule has 4 atom stereocenters. The molecule has 1 aliphatic rings. The van der Waals surface area contributed by atoms with Crippen LogP contribution in [0.1, 0.15) is 67.2 Å². The first kappa shape index (κ1) is 20.7. The average molecular weight is 338 g/mol. The molecule has 0 amide bonds. The molecule has 0 saturated carbocycles. The summed E-state index contributed by atoms with van der Waals surface area (Å²) < 4.78 is 5.78. The number of aliphatic carboxylic acids is 1. The lowest BCUT2D eigenvalue weighted by atomic mass is 9.81. The normalized spacial score (nSPS) is 23.8. The zero-order valence-corrected chi connectivity index (χ0v) is 16.0. The van der Waals surface area contributed by atoms with Crippen LogP contribution in [0.5, 0.6) is 0 Å². The number of carboxylic acids is 1. The molecule has 0 bridgehead atoms. The maximum absolute atomic E-state index is 12.6. The molecule has 0 saturated heterocycles. The van der Waals surface area contributed by atoms with Crippen molar-refractivity contribution < 1.29 is 19.4 Å². The van der Waals surface area contributed by atoms with Crippen LogP contribution in [0.4, 0.5) is 0 Å². The van der Waals surface area contributed by atoms with Crippen LogP contribution >= 0.6 is 0 Å². The van der Waals surface area contributed by atoms with Crippen molar-refractivity contribution in [1.82, 2.24) is 0 Å². The number of rotatable bonds is 7. The van der Waals surface area contributed by atoms with Crippen molar-refractivity contribution in [2.75, 3.05) is 0 Å². The van der Waals surface area contributed by atoms with Gasteiger partial charge in [-0.25, -0.2) is 0 Å². The summed E-state index contributed by atoms with van der Waals surface area (Å²) >= 11 is 0. The van der Waals surface area contributed by atoms with Gasteiger partial charge in [0.2, 0.25) is 0 Å². The molecule has 0 aliphatic heterocycles. The number of allylic oxidation sites excluding steroid dienone is 2. The van der Waals surface area contributed by atoms with E-state index < -0.39 is 17.8 Å². The summed E-state index contributed by atoms with van der Waals surface area (Å²) in [6.45, 7) is 12.9. The molecule has 1 rings (SSSR count). The van der Waals surface area contributed by atoms with E-state index in [0.29, 0.717) is 18.8 Å². The van der Waals surface area contributed by atoms with Crippen molar-refractivity contribution in [2.24, 2.45) is 29.1 Å². The molecule has 4 nitrogen and oxygen atoms in total. The summed E-state index contributed by atoms with van der Waals surface area (Å²) in [7, 11) is 0. The Balaban J connectivity index is 2.72. The van der Waals surface area contributed by atoms with Crippen LogP contribution in [0.2, 0.25) is 0 Å².